The van der Waals surface area contributed by atoms with E-state index in [1.807, 2.05) is 0 Å². The van der Waals surface area contributed by atoms with Crippen LogP contribution in [0.4, 0.5) is 5.82 Å². The van der Waals surface area contributed by atoms with Crippen molar-refractivity contribution in [3.63, 3.8) is 0 Å². The van der Waals surface area contributed by atoms with Crippen LogP contribution in [0.15, 0.2) is 6.20 Å². The Kier molecular flexibility index (Phi) is 5.74. The fraction of sp³-hybridized carbons (Fsp3) is 0.643. The van der Waals surface area contributed by atoms with E-state index in [0.717, 1.165) is 25.7 Å². The Morgan fingerprint density at radius 2 is 2.14 bits per heavy atom. The van der Waals surface area contributed by atoms with Gasteiger partial charge in [0.15, 0.2) is 11.5 Å². The van der Waals surface area contributed by atoms with Gasteiger partial charge in [-0.15, -0.1) is 0 Å². The van der Waals surface area contributed by atoms with Crippen LogP contribution in [0, 0.1) is 0 Å². The fourth-order valence-electron chi connectivity index (χ4n) is 2.37. The van der Waals surface area contributed by atoms with Crippen molar-refractivity contribution in [3.05, 3.63) is 11.9 Å². The monoisotopic (exact) mass is 295 g/mol. The van der Waals surface area contributed by atoms with Crippen molar-refractivity contribution >= 4 is 11.8 Å². The zero-order valence-corrected chi connectivity index (χ0v) is 12.2. The average Bonchev–Trinajstić information content (AvgIpc) is 2.50. The second-order valence-electron chi connectivity index (χ2n) is 5.03. The van der Waals surface area contributed by atoms with Crippen LogP contribution in [0.2, 0.25) is 0 Å². The molecule has 0 atom stereocenters. The van der Waals surface area contributed by atoms with Crippen LogP contribution in [0.5, 0.6) is 5.88 Å². The second kappa shape index (κ2) is 7.78. The van der Waals surface area contributed by atoms with Crippen LogP contribution in [-0.4, -0.2) is 47.4 Å². The number of hydrogen-bond donors (Lipinski definition) is 2. The number of aromatic carboxylic acids is 1. The third kappa shape index (κ3) is 4.56. The lowest BCUT2D eigenvalue weighted by Crippen LogP contribution is -2.24. The molecule has 0 saturated heterocycles. The first-order chi connectivity index (χ1) is 10.2. The molecule has 0 amide bonds. The van der Waals surface area contributed by atoms with Crippen molar-refractivity contribution in [3.8, 4) is 5.88 Å². The van der Waals surface area contributed by atoms with Gasteiger partial charge < -0.3 is 19.9 Å². The normalized spacial score (nSPS) is 15.7. The van der Waals surface area contributed by atoms with E-state index >= 15 is 0 Å². The van der Waals surface area contributed by atoms with E-state index in [4.69, 9.17) is 9.47 Å². The summed E-state index contributed by atoms with van der Waals surface area (Å²) < 4.78 is 10.2. The second-order valence-corrected chi connectivity index (χ2v) is 5.03. The Labute approximate surface area is 123 Å². The number of rotatable bonds is 7. The number of aromatic nitrogens is 2. The molecule has 2 N–H and O–H groups in total. The quantitative estimate of drug-likeness (QED) is 0.742. The van der Waals surface area contributed by atoms with Crippen LogP contribution in [0.1, 0.15) is 42.6 Å². The topological polar surface area (TPSA) is 93.6 Å². The molecule has 1 aromatic heterocycles. The molecule has 0 radical (unpaired) electrons. The SMILES string of the molecule is COCCOc1cnc(NC2CCCCC2)c(C(=O)O)n1. The van der Waals surface area contributed by atoms with Crippen LogP contribution >= 0.6 is 0 Å². The van der Waals surface area contributed by atoms with Crippen LogP contribution in [0.25, 0.3) is 0 Å². The van der Waals surface area contributed by atoms with Gasteiger partial charge in [-0.25, -0.2) is 14.8 Å². The third-order valence-electron chi connectivity index (χ3n) is 3.44. The summed E-state index contributed by atoms with van der Waals surface area (Å²) in [5, 5.41) is 12.5. The number of hydrogen-bond acceptors (Lipinski definition) is 6. The molecule has 7 nitrogen and oxygen atoms in total. The molecule has 1 heterocycles. The number of nitrogens with one attached hydrogen (secondary N) is 1. The standard InChI is InChI=1S/C14H21N3O4/c1-20-7-8-21-11-9-15-13(12(17-11)14(18)19)16-10-5-3-2-4-6-10/h9-10H,2-8H2,1H3,(H,15,16)(H,18,19). The lowest BCUT2D eigenvalue weighted by atomic mass is 9.95. The molecule has 0 spiro atoms. The molecule has 0 unspecified atom stereocenters. The van der Waals surface area contributed by atoms with Gasteiger partial charge in [0.1, 0.15) is 6.61 Å². The number of anilines is 1. The molecule has 7 heteroatoms. The minimum absolute atomic E-state index is 0.101. The first-order valence-electron chi connectivity index (χ1n) is 7.19. The first-order valence-corrected chi connectivity index (χ1v) is 7.19. The lowest BCUT2D eigenvalue weighted by Gasteiger charge is -2.23. The van der Waals surface area contributed by atoms with Gasteiger partial charge in [-0.3, -0.25) is 0 Å². The first kappa shape index (κ1) is 15.5. The van der Waals surface area contributed by atoms with Gasteiger partial charge in [-0.05, 0) is 12.8 Å². The van der Waals surface area contributed by atoms with Crippen molar-refractivity contribution in [2.75, 3.05) is 25.6 Å². The van der Waals surface area contributed by atoms with Crippen molar-refractivity contribution < 1.29 is 19.4 Å². The van der Waals surface area contributed by atoms with E-state index in [-0.39, 0.29) is 17.6 Å². The predicted octanol–water partition coefficient (Wildman–Crippen LogP) is 1.94. The number of carboxylic acids is 1. The van der Waals surface area contributed by atoms with Crippen molar-refractivity contribution in [1.82, 2.24) is 9.97 Å². The summed E-state index contributed by atoms with van der Waals surface area (Å²) in [6.45, 7) is 0.714. The number of ether oxygens (including phenoxy) is 2. The molecule has 2 rings (SSSR count). The van der Waals surface area contributed by atoms with Gasteiger partial charge in [0.05, 0.1) is 12.8 Å². The molecule has 1 saturated carbocycles. The van der Waals surface area contributed by atoms with Crippen LogP contribution in [-0.2, 0) is 4.74 Å². The van der Waals surface area contributed by atoms with E-state index in [2.05, 4.69) is 15.3 Å². The summed E-state index contributed by atoms with van der Waals surface area (Å²) >= 11 is 0. The number of nitrogens with zero attached hydrogens (tertiary/aromatic N) is 2. The van der Waals surface area contributed by atoms with E-state index in [0.29, 0.717) is 19.0 Å². The molecular formula is C14H21N3O4. The van der Waals surface area contributed by atoms with Crippen molar-refractivity contribution in [2.45, 2.75) is 38.1 Å². The zero-order chi connectivity index (χ0) is 15.1. The molecule has 21 heavy (non-hydrogen) atoms. The summed E-state index contributed by atoms with van der Waals surface area (Å²) in [6, 6.07) is 0.270. The van der Waals surface area contributed by atoms with Crippen molar-refractivity contribution in [2.24, 2.45) is 0 Å². The molecule has 0 aliphatic heterocycles. The largest absolute Gasteiger partial charge is 0.476 e. The fourth-order valence-corrected chi connectivity index (χ4v) is 2.37. The summed E-state index contributed by atoms with van der Waals surface area (Å²) in [6.07, 6.45) is 7.06. The van der Waals surface area contributed by atoms with Gasteiger partial charge in [0.25, 0.3) is 0 Å². The van der Waals surface area contributed by atoms with E-state index in [1.165, 1.54) is 12.6 Å². The highest BCUT2D eigenvalue weighted by Crippen LogP contribution is 2.23. The Hall–Kier alpha value is -1.89. The maximum atomic E-state index is 11.3. The van der Waals surface area contributed by atoms with Gasteiger partial charge in [-0.2, -0.15) is 0 Å². The highest BCUT2D eigenvalue weighted by molar-refractivity contribution is 5.90. The highest BCUT2D eigenvalue weighted by Gasteiger charge is 2.20. The van der Waals surface area contributed by atoms with E-state index in [9.17, 15) is 9.90 Å². The molecule has 0 aromatic carbocycles. The molecule has 1 fully saturated rings. The lowest BCUT2D eigenvalue weighted by molar-refractivity contribution is 0.0689. The predicted molar refractivity (Wildman–Crippen MR) is 76.9 cm³/mol. The van der Waals surface area contributed by atoms with Gasteiger partial charge in [0, 0.05) is 13.2 Å². The Morgan fingerprint density at radius 1 is 1.38 bits per heavy atom. The number of methoxy groups -OCH3 is 1. The highest BCUT2D eigenvalue weighted by atomic mass is 16.5. The third-order valence-corrected chi connectivity index (χ3v) is 3.44. The molecule has 0 bridgehead atoms. The van der Waals surface area contributed by atoms with Crippen LogP contribution < -0.4 is 10.1 Å². The minimum Gasteiger partial charge on any atom is -0.476 e. The van der Waals surface area contributed by atoms with Gasteiger partial charge in [-0.1, -0.05) is 19.3 Å². The minimum atomic E-state index is -1.11. The zero-order valence-electron chi connectivity index (χ0n) is 12.2. The molecule has 1 aliphatic rings. The summed E-state index contributed by atoms with van der Waals surface area (Å²) in [5.74, 6) is -0.606. The summed E-state index contributed by atoms with van der Waals surface area (Å²) in [4.78, 5) is 19.5. The van der Waals surface area contributed by atoms with E-state index < -0.39 is 5.97 Å². The van der Waals surface area contributed by atoms with Crippen molar-refractivity contribution in [1.29, 1.82) is 0 Å². The Morgan fingerprint density at radius 3 is 2.81 bits per heavy atom. The Bertz CT molecular complexity index is 475. The molecule has 1 aliphatic carbocycles. The van der Waals surface area contributed by atoms with Gasteiger partial charge in [0.2, 0.25) is 5.88 Å². The maximum Gasteiger partial charge on any atom is 0.358 e. The van der Waals surface area contributed by atoms with Gasteiger partial charge >= 0.3 is 5.97 Å². The number of carboxylic acid groups (broad SMARTS) is 1. The van der Waals surface area contributed by atoms with Crippen LogP contribution in [0.3, 0.4) is 0 Å². The van der Waals surface area contributed by atoms with E-state index in [1.54, 1.807) is 7.11 Å². The molecule has 1 aromatic rings. The summed E-state index contributed by atoms with van der Waals surface area (Å²) in [7, 11) is 1.56. The molecule has 116 valence electrons. The maximum absolute atomic E-state index is 11.3. The molecular weight excluding hydrogens is 274 g/mol. The Balaban J connectivity index is 2.07. The number of carbonyl (C=O) groups is 1. The summed E-state index contributed by atoms with van der Waals surface area (Å²) in [5.41, 5.74) is -0.101. The smallest absolute Gasteiger partial charge is 0.358 e. The average molecular weight is 295 g/mol.